The van der Waals surface area contributed by atoms with E-state index in [0.717, 1.165) is 0 Å². The summed E-state index contributed by atoms with van der Waals surface area (Å²) in [6, 6.07) is 0. The summed E-state index contributed by atoms with van der Waals surface area (Å²) in [5.41, 5.74) is 0. The Labute approximate surface area is 47.8 Å². The van der Waals surface area contributed by atoms with Crippen molar-refractivity contribution in [1.82, 2.24) is 0 Å². The topological polar surface area (TPSA) is 75.7 Å². The molecule has 0 saturated heterocycles. The van der Waals surface area contributed by atoms with Gasteiger partial charge in [-0.1, -0.05) is 0 Å². The largest absolute Gasteiger partial charge is 0.396 e. The van der Waals surface area contributed by atoms with Gasteiger partial charge in [0.1, 0.15) is 0 Å². The van der Waals surface area contributed by atoms with Crippen molar-refractivity contribution in [2.75, 3.05) is 19.8 Å². The van der Waals surface area contributed by atoms with Gasteiger partial charge >= 0.3 is 0 Å². The van der Waals surface area contributed by atoms with Gasteiger partial charge in [0.25, 0.3) is 0 Å². The zero-order valence-electron chi connectivity index (χ0n) is 4.58. The van der Waals surface area contributed by atoms with Crippen LogP contribution in [0.5, 0.6) is 0 Å². The van der Waals surface area contributed by atoms with Crippen molar-refractivity contribution in [3.63, 3.8) is 0 Å². The van der Waals surface area contributed by atoms with Crippen LogP contribution in [-0.2, 0) is 4.84 Å². The van der Waals surface area contributed by atoms with Crippen LogP contribution in [0.4, 0.5) is 0 Å². The first-order valence-electron chi connectivity index (χ1n) is 2.38. The van der Waals surface area contributed by atoms with Gasteiger partial charge in [0, 0.05) is 5.92 Å². The minimum absolute atomic E-state index is 0.0896. The van der Waals surface area contributed by atoms with Crippen LogP contribution in [0.15, 0.2) is 0 Å². The number of hydrogen-bond acceptors (Lipinski definition) is 4. The van der Waals surface area contributed by atoms with Gasteiger partial charge < -0.3 is 15.1 Å². The highest BCUT2D eigenvalue weighted by molar-refractivity contribution is 4.50. The highest BCUT2D eigenvalue weighted by Gasteiger charge is 2.02. The molecule has 0 aliphatic rings. The Bertz CT molecular complexity index is 46.5. The quantitative estimate of drug-likeness (QED) is 0.395. The molecular formula is C4H11NO3. The molecule has 0 heterocycles. The third-order valence-electron chi connectivity index (χ3n) is 0.848. The molecule has 4 nitrogen and oxygen atoms in total. The van der Waals surface area contributed by atoms with Crippen molar-refractivity contribution in [2.24, 2.45) is 11.8 Å². The zero-order chi connectivity index (χ0) is 6.41. The maximum Gasteiger partial charge on any atom is 0.0751 e. The first kappa shape index (κ1) is 7.84. The maximum atomic E-state index is 8.36. The molecule has 0 fully saturated rings. The molecule has 0 rings (SSSR count). The van der Waals surface area contributed by atoms with Gasteiger partial charge in [0.2, 0.25) is 0 Å². The number of nitrogens with two attached hydrogens (primary N) is 1. The third-order valence-corrected chi connectivity index (χ3v) is 0.848. The lowest BCUT2D eigenvalue weighted by molar-refractivity contribution is 0.0450. The second-order valence-corrected chi connectivity index (χ2v) is 1.56. The van der Waals surface area contributed by atoms with Gasteiger partial charge in [-0.05, 0) is 0 Å². The lowest BCUT2D eigenvalue weighted by atomic mass is 10.2. The second kappa shape index (κ2) is 4.99. The van der Waals surface area contributed by atoms with E-state index in [1.807, 2.05) is 0 Å². The molecule has 0 aliphatic heterocycles. The van der Waals surface area contributed by atoms with E-state index in [1.54, 1.807) is 0 Å². The molecule has 0 aromatic rings. The zero-order valence-corrected chi connectivity index (χ0v) is 4.58. The Morgan fingerprint density at radius 3 is 2.00 bits per heavy atom. The van der Waals surface area contributed by atoms with Gasteiger partial charge in [-0.15, -0.1) is 0 Å². The molecule has 4 heteroatoms. The molecule has 50 valence electrons. The van der Waals surface area contributed by atoms with Gasteiger partial charge in [0.15, 0.2) is 0 Å². The first-order chi connectivity index (χ1) is 3.85. The van der Waals surface area contributed by atoms with E-state index < -0.39 is 0 Å². The van der Waals surface area contributed by atoms with E-state index in [9.17, 15) is 0 Å². The fourth-order valence-corrected chi connectivity index (χ4v) is 0.299. The molecule has 8 heavy (non-hydrogen) atoms. The Hall–Kier alpha value is -0.160. The van der Waals surface area contributed by atoms with Crippen molar-refractivity contribution in [2.45, 2.75) is 0 Å². The molecule has 4 N–H and O–H groups in total. The van der Waals surface area contributed by atoms with Gasteiger partial charge in [-0.25, -0.2) is 5.90 Å². The Morgan fingerprint density at radius 1 is 1.38 bits per heavy atom. The van der Waals surface area contributed by atoms with Crippen LogP contribution in [0.2, 0.25) is 0 Å². The van der Waals surface area contributed by atoms with Crippen LogP contribution < -0.4 is 5.90 Å². The summed E-state index contributed by atoms with van der Waals surface area (Å²) in [5, 5.41) is 16.7. The minimum Gasteiger partial charge on any atom is -0.396 e. The van der Waals surface area contributed by atoms with Crippen molar-refractivity contribution in [3.8, 4) is 0 Å². The third kappa shape index (κ3) is 2.92. The van der Waals surface area contributed by atoms with Crippen LogP contribution in [0.1, 0.15) is 0 Å². The highest BCUT2D eigenvalue weighted by atomic mass is 16.6. The molecule has 0 amide bonds. The minimum atomic E-state index is -0.236. The summed E-state index contributed by atoms with van der Waals surface area (Å²) >= 11 is 0. The Kier molecular flexibility index (Phi) is 4.89. The summed E-state index contributed by atoms with van der Waals surface area (Å²) in [4.78, 5) is 4.17. The van der Waals surface area contributed by atoms with Gasteiger partial charge in [0.05, 0.1) is 19.8 Å². The lowest BCUT2D eigenvalue weighted by Crippen LogP contribution is -2.19. The smallest absolute Gasteiger partial charge is 0.0751 e. The molecule has 0 spiro atoms. The molecule has 0 aliphatic carbocycles. The molecule has 0 aromatic heterocycles. The fourth-order valence-electron chi connectivity index (χ4n) is 0.299. The highest BCUT2D eigenvalue weighted by Crippen LogP contribution is 1.90. The van der Waals surface area contributed by atoms with E-state index in [0.29, 0.717) is 0 Å². The summed E-state index contributed by atoms with van der Waals surface area (Å²) < 4.78 is 0. The van der Waals surface area contributed by atoms with Crippen molar-refractivity contribution in [1.29, 1.82) is 0 Å². The maximum absolute atomic E-state index is 8.36. The number of hydrogen-bond donors (Lipinski definition) is 3. The molecule has 0 saturated carbocycles. The van der Waals surface area contributed by atoms with Crippen LogP contribution in [0, 0.1) is 5.92 Å². The van der Waals surface area contributed by atoms with Crippen molar-refractivity contribution in [3.05, 3.63) is 0 Å². The molecule has 0 unspecified atom stereocenters. The van der Waals surface area contributed by atoms with Crippen molar-refractivity contribution >= 4 is 0 Å². The van der Waals surface area contributed by atoms with Crippen LogP contribution >= 0.6 is 0 Å². The number of aliphatic hydroxyl groups excluding tert-OH is 2. The average Bonchev–Trinajstić information content (AvgIpc) is 1.83. The molecular weight excluding hydrogens is 110 g/mol. The van der Waals surface area contributed by atoms with Crippen LogP contribution in [0.3, 0.4) is 0 Å². The second-order valence-electron chi connectivity index (χ2n) is 1.56. The van der Waals surface area contributed by atoms with Crippen LogP contribution in [0.25, 0.3) is 0 Å². The summed E-state index contributed by atoms with van der Waals surface area (Å²) in [6.07, 6.45) is 0. The lowest BCUT2D eigenvalue weighted by Gasteiger charge is -2.06. The Morgan fingerprint density at radius 2 is 1.88 bits per heavy atom. The predicted molar refractivity (Wildman–Crippen MR) is 27.8 cm³/mol. The van der Waals surface area contributed by atoms with Gasteiger partial charge in [-0.3, -0.25) is 0 Å². The van der Waals surface area contributed by atoms with E-state index in [4.69, 9.17) is 10.2 Å². The van der Waals surface area contributed by atoms with Gasteiger partial charge in [-0.2, -0.15) is 0 Å². The summed E-state index contributed by atoms with van der Waals surface area (Å²) in [5.74, 6) is 4.42. The number of aliphatic hydroxyl groups is 2. The van der Waals surface area contributed by atoms with E-state index in [1.165, 1.54) is 0 Å². The molecule has 0 atom stereocenters. The van der Waals surface area contributed by atoms with Crippen molar-refractivity contribution < 1.29 is 15.1 Å². The molecule has 0 bridgehead atoms. The molecule has 0 aromatic carbocycles. The monoisotopic (exact) mass is 121 g/mol. The normalized spacial score (nSPS) is 10.5. The SMILES string of the molecule is NOCC(CO)CO. The predicted octanol–water partition coefficient (Wildman–Crippen LogP) is -1.52. The van der Waals surface area contributed by atoms with E-state index in [-0.39, 0.29) is 25.7 Å². The average molecular weight is 121 g/mol. The first-order valence-corrected chi connectivity index (χ1v) is 2.38. The fraction of sp³-hybridized carbons (Fsp3) is 1.00. The number of rotatable bonds is 4. The van der Waals surface area contributed by atoms with E-state index in [2.05, 4.69) is 10.7 Å². The standard InChI is InChI=1S/C4H11NO3/c5-8-3-4(1-6)2-7/h4,6-7H,1-3,5H2. The van der Waals surface area contributed by atoms with E-state index >= 15 is 0 Å². The summed E-state index contributed by atoms with van der Waals surface area (Å²) in [6.45, 7) is 0.0222. The molecule has 0 radical (unpaired) electrons. The summed E-state index contributed by atoms with van der Waals surface area (Å²) in [7, 11) is 0. The Balaban J connectivity index is 3.07. The van der Waals surface area contributed by atoms with Crippen LogP contribution in [-0.4, -0.2) is 30.0 Å².